The number of nitriles is 1. The van der Waals surface area contributed by atoms with E-state index in [0.717, 1.165) is 41.9 Å². The van der Waals surface area contributed by atoms with Crippen LogP contribution in [0.2, 0.25) is 0 Å². The Morgan fingerprint density at radius 3 is 2.93 bits per heavy atom. The second kappa shape index (κ2) is 6.56. The summed E-state index contributed by atoms with van der Waals surface area (Å²) in [7, 11) is 0. The van der Waals surface area contributed by atoms with Crippen LogP contribution in [0.3, 0.4) is 0 Å². The monoisotopic (exact) mass is 373 g/mol. The van der Waals surface area contributed by atoms with Gasteiger partial charge in [-0.2, -0.15) is 5.26 Å². The van der Waals surface area contributed by atoms with Crippen LogP contribution in [0.5, 0.6) is 0 Å². The molecule has 140 valence electrons. The van der Waals surface area contributed by atoms with Crippen molar-refractivity contribution in [1.82, 2.24) is 34.5 Å². The van der Waals surface area contributed by atoms with Gasteiger partial charge in [-0.1, -0.05) is 13.3 Å². The molecule has 9 nitrogen and oxygen atoms in total. The zero-order valence-electron chi connectivity index (χ0n) is 15.4. The Morgan fingerprint density at radius 1 is 1.21 bits per heavy atom. The fourth-order valence-corrected chi connectivity index (χ4v) is 4.32. The van der Waals surface area contributed by atoms with Gasteiger partial charge in [0.1, 0.15) is 17.7 Å². The van der Waals surface area contributed by atoms with Crippen molar-refractivity contribution in [3.05, 3.63) is 42.4 Å². The summed E-state index contributed by atoms with van der Waals surface area (Å²) in [6.07, 6.45) is 9.79. The predicted octanol–water partition coefficient (Wildman–Crippen LogP) is 2.65. The van der Waals surface area contributed by atoms with Crippen LogP contribution in [0.4, 0.5) is 5.82 Å². The SMILES string of the molecule is CCC1CC(Nc2cnc(C#N)cn2)CC1c1nnc2cnc3[nH]ccc3n12. The molecular weight excluding hydrogens is 354 g/mol. The topological polar surface area (TPSA) is 120 Å². The van der Waals surface area contributed by atoms with Gasteiger partial charge in [-0.15, -0.1) is 10.2 Å². The van der Waals surface area contributed by atoms with Crippen LogP contribution in [0.15, 0.2) is 30.9 Å². The number of hydrogen-bond acceptors (Lipinski definition) is 7. The van der Waals surface area contributed by atoms with Gasteiger partial charge in [0.2, 0.25) is 0 Å². The zero-order valence-corrected chi connectivity index (χ0v) is 15.4. The van der Waals surface area contributed by atoms with Crippen LogP contribution in [0, 0.1) is 17.2 Å². The predicted molar refractivity (Wildman–Crippen MR) is 103 cm³/mol. The Labute approximate surface area is 160 Å². The van der Waals surface area contributed by atoms with E-state index in [2.05, 4.69) is 46.8 Å². The lowest BCUT2D eigenvalue weighted by Gasteiger charge is -2.15. The molecule has 0 saturated heterocycles. The summed E-state index contributed by atoms with van der Waals surface area (Å²) in [5.41, 5.74) is 2.93. The molecule has 1 aliphatic carbocycles. The molecule has 3 atom stereocenters. The second-order valence-corrected chi connectivity index (χ2v) is 7.21. The van der Waals surface area contributed by atoms with Gasteiger partial charge in [0.05, 0.1) is 24.1 Å². The number of nitrogens with one attached hydrogen (secondary N) is 2. The van der Waals surface area contributed by atoms with Crippen molar-refractivity contribution < 1.29 is 0 Å². The molecule has 0 aliphatic heterocycles. The van der Waals surface area contributed by atoms with Crippen molar-refractivity contribution in [1.29, 1.82) is 5.26 Å². The van der Waals surface area contributed by atoms with Crippen molar-refractivity contribution in [3.63, 3.8) is 0 Å². The molecule has 0 aromatic carbocycles. The summed E-state index contributed by atoms with van der Waals surface area (Å²) in [6.45, 7) is 2.22. The van der Waals surface area contributed by atoms with E-state index < -0.39 is 0 Å². The van der Waals surface area contributed by atoms with E-state index in [-0.39, 0.29) is 6.04 Å². The number of rotatable bonds is 4. The quantitative estimate of drug-likeness (QED) is 0.564. The number of H-pyrrole nitrogens is 1. The smallest absolute Gasteiger partial charge is 0.179 e. The first-order valence-corrected chi connectivity index (χ1v) is 9.42. The Morgan fingerprint density at radius 2 is 2.14 bits per heavy atom. The molecule has 4 heterocycles. The minimum atomic E-state index is 0.271. The minimum Gasteiger partial charge on any atom is -0.366 e. The van der Waals surface area contributed by atoms with Gasteiger partial charge in [-0.3, -0.25) is 4.40 Å². The van der Waals surface area contributed by atoms with Gasteiger partial charge in [0.25, 0.3) is 0 Å². The van der Waals surface area contributed by atoms with E-state index in [4.69, 9.17) is 5.26 Å². The van der Waals surface area contributed by atoms with Crippen molar-refractivity contribution >= 4 is 22.6 Å². The highest BCUT2D eigenvalue weighted by atomic mass is 15.3. The average molecular weight is 373 g/mol. The Kier molecular flexibility index (Phi) is 3.90. The van der Waals surface area contributed by atoms with E-state index in [1.54, 1.807) is 12.4 Å². The summed E-state index contributed by atoms with van der Waals surface area (Å²) in [5, 5.41) is 21.2. The molecule has 1 fully saturated rings. The summed E-state index contributed by atoms with van der Waals surface area (Å²) >= 11 is 0. The number of anilines is 1. The van der Waals surface area contributed by atoms with Gasteiger partial charge in [0.15, 0.2) is 17.0 Å². The fraction of sp³-hybridized carbons (Fsp3) is 0.368. The van der Waals surface area contributed by atoms with Crippen LogP contribution < -0.4 is 5.32 Å². The molecule has 4 aromatic rings. The number of fused-ring (bicyclic) bond motifs is 3. The third-order valence-corrected chi connectivity index (χ3v) is 5.64. The van der Waals surface area contributed by atoms with Crippen LogP contribution in [0.1, 0.15) is 43.6 Å². The summed E-state index contributed by atoms with van der Waals surface area (Å²) in [4.78, 5) is 15.9. The van der Waals surface area contributed by atoms with E-state index in [0.29, 0.717) is 23.3 Å². The Hall–Kier alpha value is -3.54. The molecule has 0 radical (unpaired) electrons. The molecule has 0 spiro atoms. The van der Waals surface area contributed by atoms with Crippen LogP contribution in [-0.4, -0.2) is 40.6 Å². The highest BCUT2D eigenvalue weighted by Gasteiger charge is 2.37. The maximum Gasteiger partial charge on any atom is 0.179 e. The fourth-order valence-electron chi connectivity index (χ4n) is 4.32. The van der Waals surface area contributed by atoms with Gasteiger partial charge >= 0.3 is 0 Å². The van der Waals surface area contributed by atoms with Crippen LogP contribution >= 0.6 is 0 Å². The van der Waals surface area contributed by atoms with E-state index in [1.807, 2.05) is 18.3 Å². The Bertz CT molecular complexity index is 1170. The molecule has 0 bridgehead atoms. The largest absolute Gasteiger partial charge is 0.366 e. The molecule has 4 aromatic heterocycles. The lowest BCUT2D eigenvalue weighted by Crippen LogP contribution is -2.17. The molecule has 3 unspecified atom stereocenters. The minimum absolute atomic E-state index is 0.271. The third-order valence-electron chi connectivity index (χ3n) is 5.64. The molecule has 28 heavy (non-hydrogen) atoms. The third kappa shape index (κ3) is 2.65. The maximum absolute atomic E-state index is 8.87. The average Bonchev–Trinajstić information content (AvgIpc) is 3.45. The highest BCUT2D eigenvalue weighted by molar-refractivity contribution is 5.74. The van der Waals surface area contributed by atoms with Gasteiger partial charge in [-0.25, -0.2) is 15.0 Å². The van der Waals surface area contributed by atoms with E-state index in [9.17, 15) is 0 Å². The summed E-state index contributed by atoms with van der Waals surface area (Å²) in [5.74, 6) is 2.48. The second-order valence-electron chi connectivity index (χ2n) is 7.21. The first-order valence-electron chi connectivity index (χ1n) is 9.42. The van der Waals surface area contributed by atoms with Crippen molar-refractivity contribution in [3.8, 4) is 6.07 Å². The van der Waals surface area contributed by atoms with Gasteiger partial charge in [-0.05, 0) is 24.8 Å². The first-order chi connectivity index (χ1) is 13.8. The van der Waals surface area contributed by atoms with Gasteiger partial charge in [0, 0.05) is 18.2 Å². The Balaban J connectivity index is 1.46. The van der Waals surface area contributed by atoms with Gasteiger partial charge < -0.3 is 10.3 Å². The number of hydrogen-bond donors (Lipinski definition) is 2. The zero-order chi connectivity index (χ0) is 19.1. The maximum atomic E-state index is 8.87. The molecule has 1 aliphatic rings. The first kappa shape index (κ1) is 16.6. The molecule has 0 amide bonds. The lowest BCUT2D eigenvalue weighted by atomic mass is 9.93. The van der Waals surface area contributed by atoms with Crippen LogP contribution in [0.25, 0.3) is 16.8 Å². The van der Waals surface area contributed by atoms with Crippen molar-refractivity contribution in [2.24, 2.45) is 5.92 Å². The van der Waals surface area contributed by atoms with Crippen LogP contribution in [-0.2, 0) is 0 Å². The molecule has 9 heteroatoms. The summed E-state index contributed by atoms with van der Waals surface area (Å²) < 4.78 is 2.12. The number of nitrogens with zero attached hydrogens (tertiary/aromatic N) is 7. The number of aromatic nitrogens is 7. The van der Waals surface area contributed by atoms with E-state index >= 15 is 0 Å². The molecule has 2 N–H and O–H groups in total. The molecule has 5 rings (SSSR count). The highest BCUT2D eigenvalue weighted by Crippen LogP contribution is 2.42. The standard InChI is InChI=1S/C19H19N9/c1-2-11-5-12(25-16-9-22-13(7-20)8-23-16)6-14(11)19-27-26-17-10-24-18-15(28(17)19)3-4-21-18/h3-4,8-12,14,21H,2,5-6H2,1H3,(H,23,25). The summed E-state index contributed by atoms with van der Waals surface area (Å²) in [6, 6.07) is 4.28. The van der Waals surface area contributed by atoms with Crippen molar-refractivity contribution in [2.45, 2.75) is 38.1 Å². The molecule has 1 saturated carbocycles. The number of aromatic amines is 1. The van der Waals surface area contributed by atoms with E-state index in [1.165, 1.54) is 6.20 Å². The lowest BCUT2D eigenvalue weighted by molar-refractivity contribution is 0.451. The normalized spacial score (nSPS) is 21.9. The van der Waals surface area contributed by atoms with Crippen molar-refractivity contribution in [2.75, 3.05) is 5.32 Å². The molecular formula is C19H19N9.